The second kappa shape index (κ2) is 9.91. The lowest BCUT2D eigenvalue weighted by atomic mass is 10.1. The van der Waals surface area contributed by atoms with Crippen molar-refractivity contribution in [3.63, 3.8) is 0 Å². The van der Waals surface area contributed by atoms with Crippen LogP contribution in [0.1, 0.15) is 28.9 Å². The highest BCUT2D eigenvalue weighted by Crippen LogP contribution is 2.17. The number of carbonyl (C=O) groups is 2. The molecule has 8 heteroatoms. The van der Waals surface area contributed by atoms with E-state index >= 15 is 0 Å². The Morgan fingerprint density at radius 1 is 1.22 bits per heavy atom. The van der Waals surface area contributed by atoms with E-state index in [1.807, 2.05) is 26.2 Å². The predicted octanol–water partition coefficient (Wildman–Crippen LogP) is 2.53. The van der Waals surface area contributed by atoms with E-state index in [9.17, 15) is 9.59 Å². The van der Waals surface area contributed by atoms with Gasteiger partial charge in [-0.3, -0.25) is 4.79 Å². The summed E-state index contributed by atoms with van der Waals surface area (Å²) in [6.45, 7) is 3.82. The van der Waals surface area contributed by atoms with E-state index in [2.05, 4.69) is 15.3 Å². The number of carboxylic acid groups (broad SMARTS) is 1. The molecule has 0 bridgehead atoms. The van der Waals surface area contributed by atoms with Gasteiger partial charge in [-0.25, -0.2) is 14.8 Å². The van der Waals surface area contributed by atoms with Gasteiger partial charge >= 0.3 is 5.97 Å². The van der Waals surface area contributed by atoms with Crippen molar-refractivity contribution in [3.8, 4) is 5.75 Å². The first-order chi connectivity index (χ1) is 12.9. The van der Waals surface area contributed by atoms with Crippen LogP contribution in [0.4, 0.5) is 0 Å². The molecule has 0 atom stereocenters. The molecule has 2 aromatic rings. The fourth-order valence-electron chi connectivity index (χ4n) is 2.58. The van der Waals surface area contributed by atoms with Gasteiger partial charge in [0.25, 0.3) is 0 Å². The number of hydrogen-bond donors (Lipinski definition) is 2. The number of benzene rings is 1. The predicted molar refractivity (Wildman–Crippen MR) is 103 cm³/mol. The minimum atomic E-state index is -1.03. The fourth-order valence-corrected chi connectivity index (χ4v) is 3.04. The molecular formula is C19H23N3O4S. The molecule has 0 saturated heterocycles. The van der Waals surface area contributed by atoms with Crippen LogP contribution < -0.4 is 10.1 Å². The molecule has 0 fully saturated rings. The zero-order valence-corrected chi connectivity index (χ0v) is 16.4. The number of thioether (sulfide) groups is 1. The van der Waals surface area contributed by atoms with Gasteiger partial charge in [-0.1, -0.05) is 23.9 Å². The second-order valence-electron chi connectivity index (χ2n) is 5.97. The standard InChI is InChI=1S/C19H23N3O4S/c1-12-16(13(2)22-19(21-12)27-3)7-8-17(23)20-10-14-5-4-6-15(9-14)26-11-18(24)25/h4-6,9H,7-8,10-11H2,1-3H3,(H,20,23)(H,24,25). The molecule has 1 heterocycles. The van der Waals surface area contributed by atoms with Crippen molar-refractivity contribution in [1.82, 2.24) is 15.3 Å². The number of aryl methyl sites for hydroxylation is 2. The minimum Gasteiger partial charge on any atom is -0.482 e. The average Bonchev–Trinajstić information content (AvgIpc) is 2.64. The summed E-state index contributed by atoms with van der Waals surface area (Å²) < 4.78 is 5.14. The van der Waals surface area contributed by atoms with Crippen LogP contribution in [-0.2, 0) is 22.6 Å². The van der Waals surface area contributed by atoms with Crippen molar-refractivity contribution in [2.75, 3.05) is 12.9 Å². The Morgan fingerprint density at radius 3 is 2.56 bits per heavy atom. The zero-order valence-electron chi connectivity index (χ0n) is 15.6. The lowest BCUT2D eigenvalue weighted by Gasteiger charge is -2.11. The second-order valence-corrected chi connectivity index (χ2v) is 6.74. The zero-order chi connectivity index (χ0) is 19.8. The van der Waals surface area contributed by atoms with E-state index in [1.165, 1.54) is 11.8 Å². The highest BCUT2D eigenvalue weighted by atomic mass is 32.2. The first-order valence-electron chi connectivity index (χ1n) is 8.47. The SMILES string of the molecule is CSc1nc(C)c(CCC(=O)NCc2cccc(OCC(=O)O)c2)c(C)n1. The highest BCUT2D eigenvalue weighted by Gasteiger charge is 2.11. The molecule has 1 aromatic heterocycles. The molecule has 144 valence electrons. The molecule has 0 saturated carbocycles. The number of aromatic nitrogens is 2. The molecule has 2 N–H and O–H groups in total. The Hall–Kier alpha value is -2.61. The monoisotopic (exact) mass is 389 g/mol. The number of aliphatic carboxylic acids is 1. The van der Waals surface area contributed by atoms with Crippen LogP contribution in [0.2, 0.25) is 0 Å². The van der Waals surface area contributed by atoms with Crippen LogP contribution in [0, 0.1) is 13.8 Å². The first-order valence-corrected chi connectivity index (χ1v) is 9.70. The smallest absolute Gasteiger partial charge is 0.341 e. The number of nitrogens with one attached hydrogen (secondary N) is 1. The molecule has 0 aliphatic carbocycles. The summed E-state index contributed by atoms with van der Waals surface area (Å²) in [5.74, 6) is -0.644. The number of amides is 1. The van der Waals surface area contributed by atoms with Gasteiger partial charge in [0, 0.05) is 24.4 Å². The molecule has 1 aromatic carbocycles. The van der Waals surface area contributed by atoms with Crippen LogP contribution in [0.3, 0.4) is 0 Å². The minimum absolute atomic E-state index is 0.0698. The topological polar surface area (TPSA) is 101 Å². The van der Waals surface area contributed by atoms with Crippen molar-refractivity contribution >= 4 is 23.6 Å². The van der Waals surface area contributed by atoms with Crippen LogP contribution in [0.25, 0.3) is 0 Å². The van der Waals surface area contributed by atoms with Crippen molar-refractivity contribution < 1.29 is 19.4 Å². The highest BCUT2D eigenvalue weighted by molar-refractivity contribution is 7.98. The third-order valence-corrected chi connectivity index (χ3v) is 4.48. The van der Waals surface area contributed by atoms with Crippen molar-refractivity contribution in [2.45, 2.75) is 38.4 Å². The number of carbonyl (C=O) groups excluding carboxylic acids is 1. The number of carboxylic acids is 1. The Morgan fingerprint density at radius 2 is 1.93 bits per heavy atom. The van der Waals surface area contributed by atoms with Gasteiger partial charge in [0.15, 0.2) is 11.8 Å². The molecule has 0 spiro atoms. The molecule has 0 aliphatic heterocycles. The van der Waals surface area contributed by atoms with Gasteiger partial charge in [-0.2, -0.15) is 0 Å². The van der Waals surface area contributed by atoms with Gasteiger partial charge in [-0.05, 0) is 49.8 Å². The van der Waals surface area contributed by atoms with Gasteiger partial charge < -0.3 is 15.2 Å². The average molecular weight is 389 g/mol. The Bertz CT molecular complexity index is 803. The van der Waals surface area contributed by atoms with Crippen molar-refractivity contribution in [3.05, 3.63) is 46.8 Å². The van der Waals surface area contributed by atoms with Crippen LogP contribution >= 0.6 is 11.8 Å². The van der Waals surface area contributed by atoms with Gasteiger partial charge in [0.05, 0.1) is 0 Å². The number of rotatable bonds is 9. The van der Waals surface area contributed by atoms with Gasteiger partial charge in [0.2, 0.25) is 5.91 Å². The van der Waals surface area contributed by atoms with E-state index < -0.39 is 12.6 Å². The fraction of sp³-hybridized carbons (Fsp3) is 0.368. The van der Waals surface area contributed by atoms with E-state index in [1.54, 1.807) is 18.2 Å². The van der Waals surface area contributed by atoms with E-state index in [0.717, 1.165) is 27.7 Å². The lowest BCUT2D eigenvalue weighted by Crippen LogP contribution is -2.23. The summed E-state index contributed by atoms with van der Waals surface area (Å²) in [5.41, 5.74) is 3.66. The Balaban J connectivity index is 1.86. The quantitative estimate of drug-likeness (QED) is 0.502. The van der Waals surface area contributed by atoms with Crippen LogP contribution in [0.5, 0.6) is 5.75 Å². The van der Waals surface area contributed by atoms with Gasteiger partial charge in [0.1, 0.15) is 5.75 Å². The normalized spacial score (nSPS) is 10.5. The largest absolute Gasteiger partial charge is 0.482 e. The summed E-state index contributed by atoms with van der Waals surface area (Å²) in [6.07, 6.45) is 2.86. The summed E-state index contributed by atoms with van der Waals surface area (Å²) in [6, 6.07) is 7.00. The maximum absolute atomic E-state index is 12.2. The van der Waals surface area contributed by atoms with Crippen molar-refractivity contribution in [1.29, 1.82) is 0 Å². The van der Waals surface area contributed by atoms with E-state index in [0.29, 0.717) is 25.1 Å². The maximum Gasteiger partial charge on any atom is 0.341 e. The molecule has 0 aliphatic rings. The first kappa shape index (κ1) is 20.7. The van der Waals surface area contributed by atoms with E-state index in [-0.39, 0.29) is 5.91 Å². The molecule has 27 heavy (non-hydrogen) atoms. The summed E-state index contributed by atoms with van der Waals surface area (Å²) >= 11 is 1.50. The molecular weight excluding hydrogens is 366 g/mol. The van der Waals surface area contributed by atoms with Crippen LogP contribution in [0.15, 0.2) is 29.4 Å². The lowest BCUT2D eigenvalue weighted by molar-refractivity contribution is -0.139. The van der Waals surface area contributed by atoms with E-state index in [4.69, 9.17) is 9.84 Å². The molecule has 0 unspecified atom stereocenters. The van der Waals surface area contributed by atoms with Crippen LogP contribution in [-0.4, -0.2) is 39.8 Å². The molecule has 7 nitrogen and oxygen atoms in total. The Labute approximate surface area is 162 Å². The maximum atomic E-state index is 12.2. The third-order valence-electron chi connectivity index (χ3n) is 3.94. The third kappa shape index (κ3) is 6.56. The van der Waals surface area contributed by atoms with Crippen molar-refractivity contribution in [2.24, 2.45) is 0 Å². The number of nitrogens with zero attached hydrogens (tertiary/aromatic N) is 2. The van der Waals surface area contributed by atoms with Gasteiger partial charge in [-0.15, -0.1) is 0 Å². The number of ether oxygens (including phenoxy) is 1. The molecule has 0 radical (unpaired) electrons. The summed E-state index contributed by atoms with van der Waals surface area (Å²) in [4.78, 5) is 31.6. The summed E-state index contributed by atoms with van der Waals surface area (Å²) in [5, 5.41) is 12.3. The molecule has 1 amide bonds. The molecule has 2 rings (SSSR count). The summed E-state index contributed by atoms with van der Waals surface area (Å²) in [7, 11) is 0. The number of hydrogen-bond acceptors (Lipinski definition) is 6. The Kier molecular flexibility index (Phi) is 7.60.